The normalized spacial score (nSPS) is 20.5. The molecule has 4 heterocycles. The summed E-state index contributed by atoms with van der Waals surface area (Å²) in [6.45, 7) is 4.64. The van der Waals surface area contributed by atoms with Gasteiger partial charge in [0, 0.05) is 69.2 Å². The summed E-state index contributed by atoms with van der Waals surface area (Å²) in [7, 11) is 0. The highest BCUT2D eigenvalue weighted by molar-refractivity contribution is 5.97. The topological polar surface area (TPSA) is 209 Å². The van der Waals surface area contributed by atoms with Gasteiger partial charge in [0.05, 0.1) is 6.61 Å². The molecule has 4 atom stereocenters. The first-order valence-electron chi connectivity index (χ1n) is 16.1. The number of amides is 3. The van der Waals surface area contributed by atoms with Gasteiger partial charge in [-0.2, -0.15) is 0 Å². The Morgan fingerprint density at radius 1 is 1.04 bits per heavy atom. The molecule has 3 amide bonds. The zero-order valence-electron chi connectivity index (χ0n) is 26.5. The Kier molecular flexibility index (Phi) is 9.91. The van der Waals surface area contributed by atoms with Gasteiger partial charge in [-0.25, -0.2) is 24.7 Å². The molecule has 254 valence electrons. The number of aromatic amines is 1. The number of benzene rings is 1. The Hall–Kier alpha value is -5.35. The predicted octanol–water partition coefficient (Wildman–Crippen LogP) is 1.60. The highest BCUT2D eigenvalue weighted by atomic mass is 16.7. The maximum absolute atomic E-state index is 13.9. The first-order valence-corrected chi connectivity index (χ1v) is 16.1. The number of rotatable bonds is 12. The number of fused-ring (bicyclic) bond motifs is 1. The second-order valence-corrected chi connectivity index (χ2v) is 12.1. The van der Waals surface area contributed by atoms with E-state index in [1.54, 1.807) is 15.9 Å². The number of H-pyrrole nitrogens is 1. The van der Waals surface area contributed by atoms with E-state index in [2.05, 4.69) is 30.9 Å². The standard InChI is InChI=1S/C31H38N10O7/c1-2-3-15-47-30(44)40-13-11-39(12-14-40)29(43)22(9-10-24-35-37-38-36-24)33-28(42)23-16-25(34-27(32-23)19-7-5-4-6-8-19)41-17-20-21(18-41)26(20)48-31(45)46/h4-8,16,20-22,26H,2-3,9-15,17-18H2,1H3,(H,33,42)(H,45,46)(H,35,36,37,38)/t20-,21+,22-,26-/m0/s1. The molecule has 6 rings (SSSR count). The van der Waals surface area contributed by atoms with E-state index in [0.29, 0.717) is 62.2 Å². The minimum atomic E-state index is -1.29. The fourth-order valence-electron chi connectivity index (χ4n) is 6.16. The number of carbonyl (C=O) groups excluding carboxylic acids is 3. The smallest absolute Gasteiger partial charge is 0.450 e. The van der Waals surface area contributed by atoms with E-state index in [9.17, 15) is 19.2 Å². The van der Waals surface area contributed by atoms with Crippen molar-refractivity contribution in [3.05, 3.63) is 47.9 Å². The van der Waals surface area contributed by atoms with Gasteiger partial charge in [0.15, 0.2) is 5.82 Å². The van der Waals surface area contributed by atoms with E-state index >= 15 is 0 Å². The third-order valence-corrected chi connectivity index (χ3v) is 8.89. The maximum atomic E-state index is 13.9. The summed E-state index contributed by atoms with van der Waals surface area (Å²) in [6.07, 6.45) is 0.195. The summed E-state index contributed by atoms with van der Waals surface area (Å²) in [5, 5.41) is 25.7. The number of carbonyl (C=O) groups is 4. The largest absolute Gasteiger partial charge is 0.506 e. The first-order chi connectivity index (χ1) is 23.3. The fraction of sp³-hybridized carbons (Fsp3) is 0.516. The number of carboxylic acid groups (broad SMARTS) is 1. The number of piperazine rings is 1. The molecule has 2 aromatic heterocycles. The van der Waals surface area contributed by atoms with Crippen molar-refractivity contribution in [1.29, 1.82) is 0 Å². The van der Waals surface area contributed by atoms with Crippen molar-refractivity contribution in [3.8, 4) is 11.4 Å². The van der Waals surface area contributed by atoms with Gasteiger partial charge in [-0.05, 0) is 23.3 Å². The second kappa shape index (κ2) is 14.6. The van der Waals surface area contributed by atoms with E-state index in [-0.39, 0.29) is 49.1 Å². The number of hydrogen-bond acceptors (Lipinski definition) is 12. The maximum Gasteiger partial charge on any atom is 0.506 e. The van der Waals surface area contributed by atoms with Crippen molar-refractivity contribution in [3.63, 3.8) is 0 Å². The molecule has 2 aliphatic heterocycles. The quantitative estimate of drug-likeness (QED) is 0.186. The molecular formula is C31H38N10O7. The Morgan fingerprint density at radius 2 is 1.77 bits per heavy atom. The number of anilines is 1. The van der Waals surface area contributed by atoms with Gasteiger partial charge in [0.25, 0.3) is 5.91 Å². The lowest BCUT2D eigenvalue weighted by atomic mass is 10.1. The molecule has 17 nitrogen and oxygen atoms in total. The zero-order valence-corrected chi connectivity index (χ0v) is 26.5. The van der Waals surface area contributed by atoms with E-state index in [1.165, 1.54) is 0 Å². The highest BCUT2D eigenvalue weighted by Crippen LogP contribution is 2.48. The van der Waals surface area contributed by atoms with Crippen LogP contribution in [0.2, 0.25) is 0 Å². The zero-order chi connectivity index (χ0) is 33.6. The number of piperidine rings is 1. The van der Waals surface area contributed by atoms with Crippen molar-refractivity contribution >= 4 is 29.9 Å². The van der Waals surface area contributed by atoms with Gasteiger partial charge >= 0.3 is 12.2 Å². The van der Waals surface area contributed by atoms with Crippen molar-refractivity contribution in [1.82, 2.24) is 45.7 Å². The molecule has 0 spiro atoms. The van der Waals surface area contributed by atoms with Crippen molar-refractivity contribution in [2.75, 3.05) is 50.8 Å². The molecule has 3 aliphatic rings. The lowest BCUT2D eigenvalue weighted by Gasteiger charge is -2.36. The van der Waals surface area contributed by atoms with Gasteiger partial charge in [-0.3, -0.25) is 9.59 Å². The summed E-state index contributed by atoms with van der Waals surface area (Å²) in [5.74, 6) is 0.591. The van der Waals surface area contributed by atoms with Gasteiger partial charge in [-0.15, -0.1) is 5.10 Å². The Labute approximate surface area is 276 Å². The summed E-state index contributed by atoms with van der Waals surface area (Å²) >= 11 is 0. The lowest BCUT2D eigenvalue weighted by molar-refractivity contribution is -0.135. The van der Waals surface area contributed by atoms with Crippen LogP contribution >= 0.6 is 0 Å². The third-order valence-electron chi connectivity index (χ3n) is 8.89. The fourth-order valence-corrected chi connectivity index (χ4v) is 6.16. The van der Waals surface area contributed by atoms with Crippen LogP contribution < -0.4 is 10.2 Å². The molecule has 3 aromatic rings. The first kappa shape index (κ1) is 32.6. The van der Waals surface area contributed by atoms with Crippen LogP contribution in [0.25, 0.3) is 11.4 Å². The Morgan fingerprint density at radius 3 is 2.44 bits per heavy atom. The summed E-state index contributed by atoms with van der Waals surface area (Å²) in [4.78, 5) is 65.7. The van der Waals surface area contributed by atoms with E-state index in [0.717, 1.165) is 12.8 Å². The number of aryl methyl sites for hydroxylation is 1. The van der Waals surface area contributed by atoms with Crippen LogP contribution in [-0.4, -0.2) is 128 Å². The van der Waals surface area contributed by atoms with Crippen LogP contribution in [0.15, 0.2) is 36.4 Å². The summed E-state index contributed by atoms with van der Waals surface area (Å²) in [6, 6.07) is 9.91. The van der Waals surface area contributed by atoms with Crippen LogP contribution in [-0.2, 0) is 20.7 Å². The number of unbranched alkanes of at least 4 members (excludes halogenated alkanes) is 1. The van der Waals surface area contributed by atoms with Crippen LogP contribution in [0.3, 0.4) is 0 Å². The van der Waals surface area contributed by atoms with Gasteiger partial charge in [0.2, 0.25) is 5.91 Å². The molecule has 1 aromatic carbocycles. The van der Waals surface area contributed by atoms with Crippen molar-refractivity contribution < 1.29 is 33.8 Å². The number of tetrazole rings is 1. The van der Waals surface area contributed by atoms with Gasteiger partial charge in [-0.1, -0.05) is 43.7 Å². The Balaban J connectivity index is 1.18. The number of nitrogens with one attached hydrogen (secondary N) is 2. The van der Waals surface area contributed by atoms with Crippen LogP contribution in [0, 0.1) is 11.8 Å². The molecule has 1 saturated carbocycles. The molecule has 1 aliphatic carbocycles. The molecule has 3 fully saturated rings. The SMILES string of the molecule is CCCCOC(=O)N1CCN(C(=O)[C@H](CCc2nnn[nH]2)NC(=O)c2cc(N3C[C@@H]4[C@H](C3)[C@@H]4OC(=O)O)nc(-c3ccccc3)n2)CC1. The molecule has 17 heteroatoms. The Bertz CT molecular complexity index is 1590. The third kappa shape index (κ3) is 7.61. The molecule has 3 N–H and O–H groups in total. The van der Waals surface area contributed by atoms with Crippen LogP contribution in [0.1, 0.15) is 42.5 Å². The van der Waals surface area contributed by atoms with Crippen molar-refractivity contribution in [2.45, 2.75) is 44.8 Å². The van der Waals surface area contributed by atoms with Gasteiger partial charge < -0.3 is 34.6 Å². The van der Waals surface area contributed by atoms with E-state index in [1.807, 2.05) is 42.2 Å². The van der Waals surface area contributed by atoms with Crippen molar-refractivity contribution in [2.24, 2.45) is 11.8 Å². The van der Waals surface area contributed by atoms with E-state index < -0.39 is 24.2 Å². The predicted molar refractivity (Wildman–Crippen MR) is 168 cm³/mol. The summed E-state index contributed by atoms with van der Waals surface area (Å²) in [5.41, 5.74) is 0.790. The number of hydrogen-bond donors (Lipinski definition) is 3. The van der Waals surface area contributed by atoms with Crippen LogP contribution in [0.5, 0.6) is 0 Å². The number of aromatic nitrogens is 6. The average molecular weight is 663 g/mol. The summed E-state index contributed by atoms with van der Waals surface area (Å²) < 4.78 is 10.3. The minimum absolute atomic E-state index is 0.0553. The second-order valence-electron chi connectivity index (χ2n) is 12.1. The molecular weight excluding hydrogens is 624 g/mol. The number of ether oxygens (including phenoxy) is 2. The monoisotopic (exact) mass is 662 g/mol. The minimum Gasteiger partial charge on any atom is -0.450 e. The molecule has 0 unspecified atom stereocenters. The van der Waals surface area contributed by atoms with E-state index in [4.69, 9.17) is 19.6 Å². The lowest BCUT2D eigenvalue weighted by Crippen LogP contribution is -2.56. The molecule has 48 heavy (non-hydrogen) atoms. The molecule has 2 saturated heterocycles. The number of nitrogens with zero attached hydrogens (tertiary/aromatic N) is 8. The average Bonchev–Trinajstić information content (AvgIpc) is 3.47. The van der Waals surface area contributed by atoms with Crippen LogP contribution in [0.4, 0.5) is 15.4 Å². The molecule has 0 radical (unpaired) electrons. The molecule has 0 bridgehead atoms. The highest BCUT2D eigenvalue weighted by Gasteiger charge is 2.59. The van der Waals surface area contributed by atoms with Gasteiger partial charge in [0.1, 0.15) is 29.5 Å².